The van der Waals surface area contributed by atoms with Crippen LogP contribution in [0.25, 0.3) is 0 Å². The van der Waals surface area contributed by atoms with Crippen LogP contribution in [0.2, 0.25) is 0 Å². The zero-order valence-corrected chi connectivity index (χ0v) is 11.7. The van der Waals surface area contributed by atoms with Crippen molar-refractivity contribution in [2.75, 3.05) is 6.61 Å². The van der Waals surface area contributed by atoms with E-state index in [2.05, 4.69) is 18.2 Å². The van der Waals surface area contributed by atoms with E-state index in [1.165, 1.54) is 38.5 Å². The van der Waals surface area contributed by atoms with Gasteiger partial charge in [0.25, 0.3) is 0 Å². The van der Waals surface area contributed by atoms with Gasteiger partial charge in [-0.2, -0.15) is 0 Å². The smallest absolute Gasteiger partial charge is 0.518 e. The van der Waals surface area contributed by atoms with Crippen molar-refractivity contribution < 1.29 is 8.85 Å². The predicted octanol–water partition coefficient (Wildman–Crippen LogP) is 3.61. The molecule has 2 radical (unpaired) electrons. The molecule has 2 rings (SSSR count). The van der Waals surface area contributed by atoms with Gasteiger partial charge in [-0.15, -0.1) is 0 Å². The van der Waals surface area contributed by atoms with Crippen molar-refractivity contribution >= 4 is 10.0 Å². The van der Waals surface area contributed by atoms with Crippen molar-refractivity contribution in [3.05, 3.63) is 24.0 Å². The minimum absolute atomic E-state index is 0.140. The van der Waals surface area contributed by atoms with Crippen molar-refractivity contribution in [2.24, 2.45) is 11.8 Å². The third-order valence-corrected chi connectivity index (χ3v) is 4.32. The lowest BCUT2D eigenvalue weighted by molar-refractivity contribution is 0.275. The predicted molar refractivity (Wildman–Crippen MR) is 70.4 cm³/mol. The highest BCUT2D eigenvalue weighted by Crippen LogP contribution is 2.30. The van der Waals surface area contributed by atoms with Crippen LogP contribution in [0, 0.1) is 11.8 Å². The first-order valence-electron chi connectivity index (χ1n) is 6.82. The van der Waals surface area contributed by atoms with E-state index in [4.69, 9.17) is 8.85 Å². The SMILES string of the molecule is CCO[Si]OC(C=CC1CCC1)=CC1CCC1. The second-order valence-electron chi connectivity index (χ2n) is 4.93. The average molecular weight is 250 g/mol. The van der Waals surface area contributed by atoms with Crippen LogP contribution in [-0.4, -0.2) is 16.6 Å². The molecule has 0 atom stereocenters. The Kier molecular flexibility index (Phi) is 5.33. The molecule has 2 fully saturated rings. The first-order chi connectivity index (χ1) is 8.38. The highest BCUT2D eigenvalue weighted by Gasteiger charge is 2.17. The molecule has 0 aromatic carbocycles. The number of rotatable bonds is 7. The minimum atomic E-state index is 0.140. The molecule has 2 saturated carbocycles. The Morgan fingerprint density at radius 1 is 1.18 bits per heavy atom. The Morgan fingerprint density at radius 2 is 1.88 bits per heavy atom. The molecule has 2 aliphatic carbocycles. The molecule has 0 unspecified atom stereocenters. The van der Waals surface area contributed by atoms with Crippen LogP contribution in [0.3, 0.4) is 0 Å². The van der Waals surface area contributed by atoms with Gasteiger partial charge in [0.05, 0.1) is 0 Å². The molecule has 0 saturated heterocycles. The van der Waals surface area contributed by atoms with Crippen molar-refractivity contribution in [2.45, 2.75) is 45.4 Å². The van der Waals surface area contributed by atoms with E-state index in [0.717, 1.165) is 24.2 Å². The van der Waals surface area contributed by atoms with Gasteiger partial charge in [0.2, 0.25) is 0 Å². The molecule has 94 valence electrons. The van der Waals surface area contributed by atoms with E-state index in [1.54, 1.807) is 0 Å². The maximum atomic E-state index is 5.69. The molecule has 0 aromatic heterocycles. The summed E-state index contributed by atoms with van der Waals surface area (Å²) in [6.07, 6.45) is 14.8. The zero-order valence-electron chi connectivity index (χ0n) is 10.7. The van der Waals surface area contributed by atoms with Crippen molar-refractivity contribution in [1.82, 2.24) is 0 Å². The van der Waals surface area contributed by atoms with Gasteiger partial charge >= 0.3 is 10.0 Å². The van der Waals surface area contributed by atoms with Crippen LogP contribution in [0.1, 0.15) is 45.4 Å². The first-order valence-corrected chi connectivity index (χ1v) is 7.63. The molecule has 0 N–H and O–H groups in total. The Balaban J connectivity index is 1.81. The maximum Gasteiger partial charge on any atom is 0.521 e. The third kappa shape index (κ3) is 4.32. The first kappa shape index (κ1) is 12.9. The summed E-state index contributed by atoms with van der Waals surface area (Å²) < 4.78 is 11.0. The van der Waals surface area contributed by atoms with E-state index >= 15 is 0 Å². The number of hydrogen-bond acceptors (Lipinski definition) is 2. The largest absolute Gasteiger partial charge is 0.521 e. The van der Waals surface area contributed by atoms with Crippen molar-refractivity contribution in [1.29, 1.82) is 0 Å². The van der Waals surface area contributed by atoms with Gasteiger partial charge < -0.3 is 8.85 Å². The molecule has 2 nitrogen and oxygen atoms in total. The van der Waals surface area contributed by atoms with E-state index < -0.39 is 0 Å². The molecule has 0 heterocycles. The molecule has 0 aromatic rings. The topological polar surface area (TPSA) is 18.5 Å². The molecule has 0 spiro atoms. The molecule has 3 heteroatoms. The van der Waals surface area contributed by atoms with Gasteiger partial charge in [-0.3, -0.25) is 0 Å². The Bertz CT molecular complexity index is 278. The van der Waals surface area contributed by atoms with Crippen LogP contribution < -0.4 is 0 Å². The summed E-state index contributed by atoms with van der Waals surface area (Å²) in [5, 5.41) is 0. The lowest BCUT2D eigenvalue weighted by Crippen LogP contribution is -2.11. The molecule has 0 aliphatic heterocycles. The van der Waals surface area contributed by atoms with E-state index in [0.29, 0.717) is 0 Å². The molecule has 0 amide bonds. The molecule has 2 aliphatic rings. The summed E-state index contributed by atoms with van der Waals surface area (Å²) in [6.45, 7) is 2.72. The second kappa shape index (κ2) is 7.02. The fraction of sp³-hybridized carbons (Fsp3) is 0.714. The van der Waals surface area contributed by atoms with Crippen LogP contribution in [0.5, 0.6) is 0 Å². The summed E-state index contributed by atoms with van der Waals surface area (Å²) >= 11 is 0. The fourth-order valence-electron chi connectivity index (χ4n) is 1.96. The molecular formula is C14H22O2Si. The normalized spacial score (nSPS) is 22.5. The second-order valence-corrected chi connectivity index (χ2v) is 5.59. The van der Waals surface area contributed by atoms with Gasteiger partial charge in [0.1, 0.15) is 5.76 Å². The quantitative estimate of drug-likeness (QED) is 0.297. The average Bonchev–Trinajstić information content (AvgIpc) is 2.20. The number of hydrogen-bond donors (Lipinski definition) is 0. The van der Waals surface area contributed by atoms with Crippen LogP contribution in [0.15, 0.2) is 24.0 Å². The van der Waals surface area contributed by atoms with Gasteiger partial charge in [-0.05, 0) is 56.6 Å². The molecule has 0 bridgehead atoms. The molecule has 17 heavy (non-hydrogen) atoms. The highest BCUT2D eigenvalue weighted by atomic mass is 28.3. The van der Waals surface area contributed by atoms with Gasteiger partial charge in [-0.25, -0.2) is 0 Å². The summed E-state index contributed by atoms with van der Waals surface area (Å²) in [6, 6.07) is 0. The van der Waals surface area contributed by atoms with Gasteiger partial charge in [0.15, 0.2) is 0 Å². The Morgan fingerprint density at radius 3 is 2.41 bits per heavy atom. The van der Waals surface area contributed by atoms with Crippen LogP contribution in [-0.2, 0) is 8.85 Å². The van der Waals surface area contributed by atoms with E-state index in [1.807, 2.05) is 6.92 Å². The molecular weight excluding hydrogens is 228 g/mol. The number of allylic oxidation sites excluding steroid dienone is 3. The van der Waals surface area contributed by atoms with Gasteiger partial charge in [0, 0.05) is 6.61 Å². The Labute approximate surface area is 107 Å². The minimum Gasteiger partial charge on any atom is -0.518 e. The summed E-state index contributed by atoms with van der Waals surface area (Å²) in [5.74, 6) is 2.55. The summed E-state index contributed by atoms with van der Waals surface area (Å²) in [5.41, 5.74) is 0. The van der Waals surface area contributed by atoms with E-state index in [-0.39, 0.29) is 10.0 Å². The zero-order chi connectivity index (χ0) is 11.9. The third-order valence-electron chi connectivity index (χ3n) is 3.60. The fourth-order valence-corrected chi connectivity index (χ4v) is 2.37. The lowest BCUT2D eigenvalue weighted by atomic mass is 9.84. The van der Waals surface area contributed by atoms with Crippen molar-refractivity contribution in [3.63, 3.8) is 0 Å². The summed E-state index contributed by atoms with van der Waals surface area (Å²) in [7, 11) is 0.140. The van der Waals surface area contributed by atoms with Gasteiger partial charge in [-0.1, -0.05) is 18.9 Å². The highest BCUT2D eigenvalue weighted by molar-refractivity contribution is 6.18. The lowest BCUT2D eigenvalue weighted by Gasteiger charge is -2.23. The van der Waals surface area contributed by atoms with E-state index in [9.17, 15) is 0 Å². The summed E-state index contributed by atoms with van der Waals surface area (Å²) in [4.78, 5) is 0. The van der Waals surface area contributed by atoms with Crippen molar-refractivity contribution in [3.8, 4) is 0 Å². The van der Waals surface area contributed by atoms with Crippen LogP contribution in [0.4, 0.5) is 0 Å². The monoisotopic (exact) mass is 250 g/mol. The van der Waals surface area contributed by atoms with Crippen LogP contribution >= 0.6 is 0 Å². The maximum absolute atomic E-state index is 5.69. The standard InChI is InChI=1S/C14H22O2Si/c1-2-15-17-16-14(11-13-7-4-8-13)10-9-12-5-3-6-12/h9-13H,2-8H2,1H3. The Hall–Kier alpha value is -0.543.